The molecule has 3 atom stereocenters. The number of carbonyl (C=O) groups excluding carboxylic acids is 2. The molecule has 2 bridgehead atoms. The fourth-order valence-corrected chi connectivity index (χ4v) is 5.50. The number of hydrogen-bond acceptors (Lipinski definition) is 7. The Labute approximate surface area is 199 Å². The molecule has 4 aliphatic heterocycles. The number of fused-ring (bicyclic) bond motifs is 3. The summed E-state index contributed by atoms with van der Waals surface area (Å²) in [5.74, 6) is 0.505. The van der Waals surface area contributed by atoms with Crippen LogP contribution in [0, 0.1) is 11.8 Å². The molecular weight excluding hydrogens is 430 g/mol. The first kappa shape index (κ1) is 22.7. The summed E-state index contributed by atoms with van der Waals surface area (Å²) in [4.78, 5) is 32.7. The predicted molar refractivity (Wildman–Crippen MR) is 126 cm³/mol. The van der Waals surface area contributed by atoms with Gasteiger partial charge in [-0.15, -0.1) is 0 Å². The van der Waals surface area contributed by atoms with E-state index in [0.29, 0.717) is 11.6 Å². The molecule has 3 saturated heterocycles. The van der Waals surface area contributed by atoms with Gasteiger partial charge in [-0.3, -0.25) is 19.2 Å². The highest BCUT2D eigenvalue weighted by atomic mass is 16.6. The van der Waals surface area contributed by atoms with E-state index in [0.717, 1.165) is 38.0 Å². The minimum absolute atomic E-state index is 0.148. The van der Waals surface area contributed by atoms with E-state index in [2.05, 4.69) is 26.2 Å². The van der Waals surface area contributed by atoms with E-state index < -0.39 is 17.7 Å². The molecule has 6 rings (SSSR count). The second-order valence-corrected chi connectivity index (χ2v) is 10.4. The molecule has 0 radical (unpaired) electrons. The summed E-state index contributed by atoms with van der Waals surface area (Å²) < 4.78 is 6.84. The van der Waals surface area contributed by atoms with E-state index in [1.165, 1.54) is 10.1 Å². The van der Waals surface area contributed by atoms with E-state index in [4.69, 9.17) is 4.74 Å². The van der Waals surface area contributed by atoms with Crippen LogP contribution in [-0.2, 0) is 16.0 Å². The molecule has 2 aromatic rings. The first-order valence-electron chi connectivity index (χ1n) is 12.0. The van der Waals surface area contributed by atoms with Crippen LogP contribution in [0.4, 0.5) is 4.79 Å². The number of piperidine rings is 3. The van der Waals surface area contributed by atoms with Crippen molar-refractivity contribution in [3.8, 4) is 0 Å². The molecule has 34 heavy (non-hydrogen) atoms. The Morgan fingerprint density at radius 2 is 1.97 bits per heavy atom. The Bertz CT molecular complexity index is 1120. The molecule has 3 unspecified atom stereocenters. The van der Waals surface area contributed by atoms with E-state index >= 15 is 0 Å². The van der Waals surface area contributed by atoms with Crippen LogP contribution in [0.15, 0.2) is 64.9 Å². The van der Waals surface area contributed by atoms with Crippen molar-refractivity contribution in [3.05, 3.63) is 65.9 Å². The van der Waals surface area contributed by atoms with E-state index in [9.17, 15) is 9.59 Å². The largest absolute Gasteiger partial charge is 0.443 e. The Hall–Kier alpha value is -3.13. The zero-order valence-corrected chi connectivity index (χ0v) is 19.9. The molecule has 3 fully saturated rings. The lowest BCUT2D eigenvalue weighted by Gasteiger charge is -2.51. The predicted octanol–water partition coefficient (Wildman–Crippen LogP) is 4.58. The first-order valence-corrected chi connectivity index (χ1v) is 12.0. The zero-order chi connectivity index (χ0) is 23.9. The van der Waals surface area contributed by atoms with Gasteiger partial charge in [0.2, 0.25) is 0 Å². The van der Waals surface area contributed by atoms with Crippen molar-refractivity contribution in [2.45, 2.75) is 57.7 Å². The number of ketones is 1. The fourth-order valence-electron chi connectivity index (χ4n) is 5.50. The monoisotopic (exact) mass is 461 g/mol. The van der Waals surface area contributed by atoms with Gasteiger partial charge in [-0.1, -0.05) is 6.07 Å². The topological polar surface area (TPSA) is 89.2 Å². The number of pyridine rings is 1. The Kier molecular flexibility index (Phi) is 5.93. The number of nitrogens with zero attached hydrogens (tertiary/aromatic N) is 5. The van der Waals surface area contributed by atoms with Gasteiger partial charge in [0.1, 0.15) is 5.60 Å². The molecule has 0 saturated carbocycles. The third kappa shape index (κ3) is 4.46. The Morgan fingerprint density at radius 1 is 1.18 bits per heavy atom. The van der Waals surface area contributed by atoms with Gasteiger partial charge >= 0.3 is 6.09 Å². The molecular formula is C26H31N5O3. The number of ether oxygens (including phenoxy) is 1. The van der Waals surface area contributed by atoms with Crippen molar-refractivity contribution < 1.29 is 14.3 Å². The van der Waals surface area contributed by atoms with Gasteiger partial charge in [0, 0.05) is 36.6 Å². The SMILES string of the molecule is CC(C)(C)OC(=O)n1cccc1C1N=NC(C2C3CCN(CC3)C2Cc2cccnc2)=CC1=O. The summed E-state index contributed by atoms with van der Waals surface area (Å²) in [6, 6.07) is 6.95. The summed E-state index contributed by atoms with van der Waals surface area (Å²) in [5.41, 5.74) is 1.79. The standard InChI is InChI=1S/C26H31N5O3/c1-26(2,3)34-25(33)31-11-5-7-20(31)24-22(32)15-19(28-29-24)23-18-8-12-30(13-9-18)21(23)14-17-6-4-10-27-16-17/h4-7,10-11,15-16,18,21,23-24H,8-9,12-14H2,1-3H3. The number of carbonyl (C=O) groups is 2. The molecule has 0 N–H and O–H groups in total. The molecule has 0 amide bonds. The van der Waals surface area contributed by atoms with Crippen LogP contribution in [0.2, 0.25) is 0 Å². The maximum absolute atomic E-state index is 13.3. The second-order valence-electron chi connectivity index (χ2n) is 10.4. The number of aromatic nitrogens is 2. The number of azo groups is 1. The van der Waals surface area contributed by atoms with Crippen molar-refractivity contribution in [1.82, 2.24) is 14.5 Å². The number of hydrogen-bond donors (Lipinski definition) is 0. The molecule has 0 aliphatic carbocycles. The molecule has 2 aromatic heterocycles. The smallest absolute Gasteiger partial charge is 0.418 e. The summed E-state index contributed by atoms with van der Waals surface area (Å²) in [6.45, 7) is 7.59. The molecule has 0 spiro atoms. The van der Waals surface area contributed by atoms with Gasteiger partial charge in [-0.25, -0.2) is 4.79 Å². The minimum atomic E-state index is -0.843. The highest BCUT2D eigenvalue weighted by molar-refractivity contribution is 5.96. The zero-order valence-electron chi connectivity index (χ0n) is 19.9. The number of rotatable bonds is 4. The minimum Gasteiger partial charge on any atom is -0.443 e. The van der Waals surface area contributed by atoms with E-state index in [1.807, 2.05) is 33.0 Å². The quantitative estimate of drug-likeness (QED) is 0.665. The lowest BCUT2D eigenvalue weighted by Crippen LogP contribution is -2.56. The van der Waals surface area contributed by atoms with E-state index in [-0.39, 0.29) is 17.7 Å². The third-order valence-corrected chi connectivity index (χ3v) is 6.97. The van der Waals surface area contributed by atoms with Crippen molar-refractivity contribution in [2.24, 2.45) is 22.1 Å². The highest BCUT2D eigenvalue weighted by Crippen LogP contribution is 2.44. The van der Waals surface area contributed by atoms with Crippen LogP contribution < -0.4 is 0 Å². The first-order chi connectivity index (χ1) is 16.3. The lowest BCUT2D eigenvalue weighted by atomic mass is 9.70. The normalized spacial score (nSPS) is 28.6. The summed E-state index contributed by atoms with van der Waals surface area (Å²) >= 11 is 0. The van der Waals surface area contributed by atoms with Gasteiger partial charge in [-0.2, -0.15) is 10.2 Å². The van der Waals surface area contributed by atoms with Gasteiger partial charge in [-0.05, 0) is 82.8 Å². The van der Waals surface area contributed by atoms with Crippen molar-refractivity contribution in [3.63, 3.8) is 0 Å². The molecule has 6 heterocycles. The molecule has 4 aliphatic rings. The average Bonchev–Trinajstić information content (AvgIpc) is 3.29. The van der Waals surface area contributed by atoms with Gasteiger partial charge in [0.25, 0.3) is 0 Å². The van der Waals surface area contributed by atoms with Crippen molar-refractivity contribution in [1.29, 1.82) is 0 Å². The Morgan fingerprint density at radius 3 is 2.65 bits per heavy atom. The van der Waals surface area contributed by atoms with Gasteiger partial charge in [0.05, 0.1) is 11.4 Å². The van der Waals surface area contributed by atoms with Crippen molar-refractivity contribution in [2.75, 3.05) is 13.1 Å². The highest BCUT2D eigenvalue weighted by Gasteiger charge is 2.45. The third-order valence-electron chi connectivity index (χ3n) is 6.97. The lowest BCUT2D eigenvalue weighted by molar-refractivity contribution is -0.116. The maximum Gasteiger partial charge on any atom is 0.418 e. The van der Waals surface area contributed by atoms with Crippen LogP contribution in [0.5, 0.6) is 0 Å². The maximum atomic E-state index is 13.3. The summed E-state index contributed by atoms with van der Waals surface area (Å²) in [6.07, 6.45) is 9.54. The van der Waals surface area contributed by atoms with E-state index in [1.54, 1.807) is 30.6 Å². The average molecular weight is 462 g/mol. The van der Waals surface area contributed by atoms with Crippen molar-refractivity contribution >= 4 is 11.9 Å². The Balaban J connectivity index is 1.38. The summed E-state index contributed by atoms with van der Waals surface area (Å²) in [5, 5.41) is 9.01. The second kappa shape index (κ2) is 8.91. The van der Waals surface area contributed by atoms with Crippen LogP contribution >= 0.6 is 0 Å². The summed E-state index contributed by atoms with van der Waals surface area (Å²) in [7, 11) is 0. The molecule has 178 valence electrons. The molecule has 8 nitrogen and oxygen atoms in total. The van der Waals surface area contributed by atoms with Gasteiger partial charge in [0.15, 0.2) is 11.8 Å². The van der Waals surface area contributed by atoms with Crippen LogP contribution in [0.1, 0.15) is 50.9 Å². The van der Waals surface area contributed by atoms with Crippen LogP contribution in [0.3, 0.4) is 0 Å². The van der Waals surface area contributed by atoms with Gasteiger partial charge < -0.3 is 4.74 Å². The fraction of sp³-hybridized carbons (Fsp3) is 0.500. The van der Waals surface area contributed by atoms with Crippen LogP contribution in [0.25, 0.3) is 0 Å². The van der Waals surface area contributed by atoms with Crippen LogP contribution in [-0.4, -0.2) is 51.1 Å². The molecule has 0 aromatic carbocycles. The molecule has 8 heteroatoms.